The first-order valence-corrected chi connectivity index (χ1v) is 6.86. The average molecular weight is 246 g/mol. The molecule has 0 radical (unpaired) electrons. The number of carbonyl (C=O) groups excluding carboxylic acids is 1. The zero-order valence-corrected chi connectivity index (χ0v) is 10.9. The van der Waals surface area contributed by atoms with Crippen molar-refractivity contribution in [1.29, 1.82) is 0 Å². The summed E-state index contributed by atoms with van der Waals surface area (Å²) in [7, 11) is 0. The largest absolute Gasteiger partial charge is 0.381 e. The molecular formula is C11H22N2O2S. The van der Waals surface area contributed by atoms with Crippen LogP contribution < -0.4 is 11.1 Å². The maximum atomic E-state index is 11.6. The van der Waals surface area contributed by atoms with Crippen LogP contribution in [0.25, 0.3) is 0 Å². The van der Waals surface area contributed by atoms with E-state index < -0.39 is 0 Å². The summed E-state index contributed by atoms with van der Waals surface area (Å²) in [5, 5.41) is 3.02. The SMILES string of the molecule is CC(C)(N)CSCC(=O)NC1CCOCC1. The van der Waals surface area contributed by atoms with Crippen LogP contribution in [-0.4, -0.2) is 42.2 Å². The predicted molar refractivity (Wildman–Crippen MR) is 67.6 cm³/mol. The van der Waals surface area contributed by atoms with E-state index in [9.17, 15) is 4.79 Å². The van der Waals surface area contributed by atoms with Gasteiger partial charge in [-0.3, -0.25) is 4.79 Å². The molecule has 5 heteroatoms. The highest BCUT2D eigenvalue weighted by Crippen LogP contribution is 2.10. The van der Waals surface area contributed by atoms with E-state index in [0.717, 1.165) is 31.8 Å². The minimum atomic E-state index is -0.205. The fourth-order valence-corrected chi connectivity index (χ4v) is 2.41. The molecule has 1 heterocycles. The van der Waals surface area contributed by atoms with Gasteiger partial charge in [0, 0.05) is 30.5 Å². The lowest BCUT2D eigenvalue weighted by molar-refractivity contribution is -0.119. The summed E-state index contributed by atoms with van der Waals surface area (Å²) in [5.74, 6) is 1.41. The van der Waals surface area contributed by atoms with Crippen LogP contribution in [-0.2, 0) is 9.53 Å². The number of hydrogen-bond acceptors (Lipinski definition) is 4. The molecule has 0 aromatic rings. The second-order valence-corrected chi connectivity index (χ2v) is 5.92. The quantitative estimate of drug-likeness (QED) is 0.751. The number of nitrogens with two attached hydrogens (primary N) is 1. The molecule has 0 aliphatic carbocycles. The van der Waals surface area contributed by atoms with Gasteiger partial charge in [0.2, 0.25) is 5.91 Å². The summed E-state index contributed by atoms with van der Waals surface area (Å²) < 4.78 is 5.23. The summed E-state index contributed by atoms with van der Waals surface area (Å²) in [4.78, 5) is 11.6. The summed E-state index contributed by atoms with van der Waals surface area (Å²) >= 11 is 1.59. The van der Waals surface area contributed by atoms with Gasteiger partial charge in [-0.25, -0.2) is 0 Å². The molecule has 1 saturated heterocycles. The number of rotatable bonds is 5. The topological polar surface area (TPSA) is 64.4 Å². The predicted octanol–water partition coefficient (Wildman–Crippen LogP) is 0.752. The third-order valence-corrected chi connectivity index (χ3v) is 3.71. The van der Waals surface area contributed by atoms with Gasteiger partial charge in [-0.2, -0.15) is 11.8 Å². The minimum absolute atomic E-state index is 0.112. The van der Waals surface area contributed by atoms with E-state index in [-0.39, 0.29) is 11.4 Å². The molecule has 0 bridgehead atoms. The van der Waals surface area contributed by atoms with Gasteiger partial charge in [0.25, 0.3) is 0 Å². The van der Waals surface area contributed by atoms with Gasteiger partial charge in [-0.05, 0) is 26.7 Å². The molecule has 1 aliphatic heterocycles. The molecule has 4 nitrogen and oxygen atoms in total. The van der Waals surface area contributed by atoms with E-state index in [0.29, 0.717) is 11.8 Å². The Labute approximate surface area is 102 Å². The molecule has 1 rings (SSSR count). The molecule has 1 fully saturated rings. The van der Waals surface area contributed by atoms with Crippen molar-refractivity contribution < 1.29 is 9.53 Å². The summed E-state index contributed by atoms with van der Waals surface area (Å²) in [6.07, 6.45) is 1.86. The van der Waals surface area contributed by atoms with E-state index in [1.807, 2.05) is 13.8 Å². The average Bonchev–Trinajstić information content (AvgIpc) is 2.17. The molecule has 1 amide bonds. The maximum Gasteiger partial charge on any atom is 0.230 e. The molecule has 0 spiro atoms. The van der Waals surface area contributed by atoms with Crippen LogP contribution in [0.2, 0.25) is 0 Å². The van der Waals surface area contributed by atoms with Crippen LogP contribution >= 0.6 is 11.8 Å². The van der Waals surface area contributed by atoms with Crippen molar-refractivity contribution >= 4 is 17.7 Å². The lowest BCUT2D eigenvalue weighted by Crippen LogP contribution is -2.40. The molecule has 16 heavy (non-hydrogen) atoms. The van der Waals surface area contributed by atoms with Crippen LogP contribution in [0.3, 0.4) is 0 Å². The van der Waals surface area contributed by atoms with E-state index in [2.05, 4.69) is 5.32 Å². The van der Waals surface area contributed by atoms with Gasteiger partial charge in [0.1, 0.15) is 0 Å². The van der Waals surface area contributed by atoms with Crippen LogP contribution in [0.1, 0.15) is 26.7 Å². The second kappa shape index (κ2) is 6.47. The molecule has 0 saturated carbocycles. The summed E-state index contributed by atoms with van der Waals surface area (Å²) in [6, 6.07) is 0.299. The fourth-order valence-electron chi connectivity index (χ4n) is 1.52. The first-order chi connectivity index (χ1) is 7.47. The number of hydrogen-bond donors (Lipinski definition) is 2. The number of amides is 1. The van der Waals surface area contributed by atoms with Gasteiger partial charge in [-0.1, -0.05) is 0 Å². The number of thioether (sulfide) groups is 1. The van der Waals surface area contributed by atoms with Crippen LogP contribution in [0.5, 0.6) is 0 Å². The van der Waals surface area contributed by atoms with Crippen molar-refractivity contribution in [1.82, 2.24) is 5.32 Å². The van der Waals surface area contributed by atoms with E-state index in [4.69, 9.17) is 10.5 Å². The Bertz CT molecular complexity index is 223. The van der Waals surface area contributed by atoms with E-state index in [1.165, 1.54) is 0 Å². The van der Waals surface area contributed by atoms with Crippen molar-refractivity contribution in [3.05, 3.63) is 0 Å². The molecule has 1 aliphatic rings. The smallest absolute Gasteiger partial charge is 0.230 e. The van der Waals surface area contributed by atoms with Crippen molar-refractivity contribution in [2.75, 3.05) is 24.7 Å². The third-order valence-electron chi connectivity index (χ3n) is 2.29. The Morgan fingerprint density at radius 2 is 2.12 bits per heavy atom. The van der Waals surface area contributed by atoms with Crippen molar-refractivity contribution in [2.45, 2.75) is 38.3 Å². The van der Waals surface area contributed by atoms with E-state index in [1.54, 1.807) is 11.8 Å². The number of ether oxygens (including phenoxy) is 1. The Morgan fingerprint density at radius 3 is 2.69 bits per heavy atom. The van der Waals surface area contributed by atoms with Gasteiger partial charge in [-0.15, -0.1) is 0 Å². The van der Waals surface area contributed by atoms with Crippen LogP contribution in [0, 0.1) is 0 Å². The monoisotopic (exact) mass is 246 g/mol. The number of nitrogens with one attached hydrogen (secondary N) is 1. The highest BCUT2D eigenvalue weighted by molar-refractivity contribution is 8.00. The molecule has 0 unspecified atom stereocenters. The van der Waals surface area contributed by atoms with Crippen molar-refractivity contribution in [3.8, 4) is 0 Å². The minimum Gasteiger partial charge on any atom is -0.381 e. The molecule has 0 atom stereocenters. The Morgan fingerprint density at radius 1 is 1.50 bits per heavy atom. The Balaban J connectivity index is 2.10. The molecule has 3 N–H and O–H groups in total. The highest BCUT2D eigenvalue weighted by atomic mass is 32.2. The van der Waals surface area contributed by atoms with Crippen LogP contribution in [0.15, 0.2) is 0 Å². The fraction of sp³-hybridized carbons (Fsp3) is 0.909. The second-order valence-electron chi connectivity index (χ2n) is 4.94. The summed E-state index contributed by atoms with van der Waals surface area (Å²) in [5.41, 5.74) is 5.63. The van der Waals surface area contributed by atoms with Crippen LogP contribution in [0.4, 0.5) is 0 Å². The maximum absolute atomic E-state index is 11.6. The van der Waals surface area contributed by atoms with Gasteiger partial charge in [0.15, 0.2) is 0 Å². The van der Waals surface area contributed by atoms with Gasteiger partial charge >= 0.3 is 0 Å². The zero-order chi connectivity index (χ0) is 12.0. The lowest BCUT2D eigenvalue weighted by Gasteiger charge is -2.23. The van der Waals surface area contributed by atoms with Crippen molar-refractivity contribution in [2.24, 2.45) is 5.73 Å². The normalized spacial score (nSPS) is 18.4. The first kappa shape index (κ1) is 13.8. The molecular weight excluding hydrogens is 224 g/mol. The molecule has 94 valence electrons. The Kier molecular flexibility index (Phi) is 5.58. The molecule has 0 aromatic carbocycles. The van der Waals surface area contributed by atoms with E-state index >= 15 is 0 Å². The van der Waals surface area contributed by atoms with Gasteiger partial charge in [0.05, 0.1) is 5.75 Å². The van der Waals surface area contributed by atoms with Gasteiger partial charge < -0.3 is 15.8 Å². The third kappa shape index (κ3) is 6.35. The van der Waals surface area contributed by atoms with Crippen molar-refractivity contribution in [3.63, 3.8) is 0 Å². The number of carbonyl (C=O) groups is 1. The zero-order valence-electron chi connectivity index (χ0n) is 10.1. The highest BCUT2D eigenvalue weighted by Gasteiger charge is 2.17. The summed E-state index contributed by atoms with van der Waals surface area (Å²) in [6.45, 7) is 5.45. The first-order valence-electron chi connectivity index (χ1n) is 5.71. The molecule has 0 aromatic heterocycles. The standard InChI is InChI=1S/C11H22N2O2S/c1-11(2,12)8-16-7-10(14)13-9-3-5-15-6-4-9/h9H,3-8,12H2,1-2H3,(H,13,14). The lowest BCUT2D eigenvalue weighted by atomic mass is 10.1. The Hall–Kier alpha value is -0.260.